The molecule has 9 heteroatoms. The van der Waals surface area contributed by atoms with E-state index in [1.165, 1.54) is 21.8 Å². The summed E-state index contributed by atoms with van der Waals surface area (Å²) >= 11 is 12.0. The highest BCUT2D eigenvalue weighted by atomic mass is 35.5. The maximum atomic E-state index is 12.9. The van der Waals surface area contributed by atoms with Gasteiger partial charge in [-0.15, -0.1) is 0 Å². The van der Waals surface area contributed by atoms with Gasteiger partial charge in [0.25, 0.3) is 5.91 Å². The Morgan fingerprint density at radius 2 is 1.80 bits per heavy atom. The summed E-state index contributed by atoms with van der Waals surface area (Å²) in [5, 5.41) is 0.934. The van der Waals surface area contributed by atoms with E-state index in [1.54, 1.807) is 48.5 Å². The standard InChI is InChI=1S/C21H21Cl2N3O4/c1-30-9-8-24(21(29)15-4-2-5-16(22)10-15)12-19(27)25-13-20(28)26(14-25)18-7-3-6-17(23)11-18/h2-7,10-11H,8-9,12-14H2,1H3. The van der Waals surface area contributed by atoms with E-state index in [1.807, 2.05) is 0 Å². The lowest BCUT2D eigenvalue weighted by Crippen LogP contribution is -2.44. The molecule has 0 aliphatic carbocycles. The van der Waals surface area contributed by atoms with E-state index < -0.39 is 0 Å². The van der Waals surface area contributed by atoms with Crippen molar-refractivity contribution in [3.8, 4) is 0 Å². The Bertz CT molecular complexity index is 953. The number of rotatable bonds is 7. The van der Waals surface area contributed by atoms with Gasteiger partial charge >= 0.3 is 0 Å². The minimum atomic E-state index is -0.334. The van der Waals surface area contributed by atoms with Gasteiger partial charge in [0.15, 0.2) is 0 Å². The third-order valence-electron chi connectivity index (χ3n) is 4.66. The summed E-state index contributed by atoms with van der Waals surface area (Å²) in [6, 6.07) is 13.4. The van der Waals surface area contributed by atoms with Gasteiger partial charge in [0, 0.05) is 35.0 Å². The first-order chi connectivity index (χ1) is 14.4. The first-order valence-electron chi connectivity index (χ1n) is 9.26. The lowest BCUT2D eigenvalue weighted by atomic mass is 10.2. The normalized spacial score (nSPS) is 13.6. The van der Waals surface area contributed by atoms with Gasteiger partial charge in [-0.2, -0.15) is 0 Å². The van der Waals surface area contributed by atoms with E-state index in [0.29, 0.717) is 21.3 Å². The fraction of sp³-hybridized carbons (Fsp3) is 0.286. The molecule has 2 aromatic carbocycles. The fourth-order valence-corrected chi connectivity index (χ4v) is 3.48. The van der Waals surface area contributed by atoms with Crippen LogP contribution in [-0.4, -0.2) is 67.5 Å². The Balaban J connectivity index is 1.71. The highest BCUT2D eigenvalue weighted by Gasteiger charge is 2.33. The van der Waals surface area contributed by atoms with Crippen LogP contribution in [0.1, 0.15) is 10.4 Å². The van der Waals surface area contributed by atoms with Crippen molar-refractivity contribution >= 4 is 46.6 Å². The van der Waals surface area contributed by atoms with Crippen molar-refractivity contribution in [3.05, 3.63) is 64.1 Å². The van der Waals surface area contributed by atoms with E-state index >= 15 is 0 Å². The number of halogens is 2. The van der Waals surface area contributed by atoms with Crippen LogP contribution in [0, 0.1) is 0 Å². The number of amides is 3. The van der Waals surface area contributed by atoms with E-state index in [-0.39, 0.29) is 50.6 Å². The molecule has 7 nitrogen and oxygen atoms in total. The zero-order valence-corrected chi connectivity index (χ0v) is 17.9. The van der Waals surface area contributed by atoms with Gasteiger partial charge in [-0.25, -0.2) is 0 Å². The number of carbonyl (C=O) groups excluding carboxylic acids is 3. The van der Waals surface area contributed by atoms with Crippen molar-refractivity contribution in [1.29, 1.82) is 0 Å². The average Bonchev–Trinajstić information content (AvgIpc) is 3.12. The SMILES string of the molecule is COCCN(CC(=O)N1CC(=O)N(c2cccc(Cl)c2)C1)C(=O)c1cccc(Cl)c1. The molecule has 0 unspecified atom stereocenters. The monoisotopic (exact) mass is 449 g/mol. The number of benzene rings is 2. The first kappa shape index (κ1) is 22.1. The van der Waals surface area contributed by atoms with Crippen LogP contribution < -0.4 is 4.90 Å². The largest absolute Gasteiger partial charge is 0.383 e. The van der Waals surface area contributed by atoms with Gasteiger partial charge in [-0.1, -0.05) is 35.3 Å². The molecule has 0 radical (unpaired) electrons. The molecule has 1 heterocycles. The maximum Gasteiger partial charge on any atom is 0.254 e. The van der Waals surface area contributed by atoms with Gasteiger partial charge in [0.1, 0.15) is 19.8 Å². The molecule has 0 atom stereocenters. The molecule has 0 N–H and O–H groups in total. The molecule has 0 aromatic heterocycles. The topological polar surface area (TPSA) is 70.2 Å². The third kappa shape index (κ3) is 5.30. The molecule has 3 rings (SSSR count). The van der Waals surface area contributed by atoms with Crippen LogP contribution in [0.25, 0.3) is 0 Å². The number of hydrogen-bond donors (Lipinski definition) is 0. The second-order valence-corrected chi connectivity index (χ2v) is 7.64. The molecule has 0 bridgehead atoms. The lowest BCUT2D eigenvalue weighted by Gasteiger charge is -2.25. The van der Waals surface area contributed by atoms with Crippen molar-refractivity contribution in [2.45, 2.75) is 0 Å². The Morgan fingerprint density at radius 1 is 1.10 bits per heavy atom. The number of ether oxygens (including phenoxy) is 1. The van der Waals surface area contributed by atoms with E-state index in [9.17, 15) is 14.4 Å². The van der Waals surface area contributed by atoms with Gasteiger partial charge in [0.05, 0.1) is 6.61 Å². The quantitative estimate of drug-likeness (QED) is 0.651. The second-order valence-electron chi connectivity index (χ2n) is 6.76. The van der Waals surface area contributed by atoms with Crippen LogP contribution in [0.2, 0.25) is 10.0 Å². The van der Waals surface area contributed by atoms with E-state index in [0.717, 1.165) is 0 Å². The third-order valence-corrected chi connectivity index (χ3v) is 5.13. The van der Waals surface area contributed by atoms with Gasteiger partial charge in [-0.05, 0) is 36.4 Å². The summed E-state index contributed by atoms with van der Waals surface area (Å²) in [5.74, 6) is -0.880. The summed E-state index contributed by atoms with van der Waals surface area (Å²) in [6.07, 6.45) is 0. The van der Waals surface area contributed by atoms with Crippen molar-refractivity contribution in [2.24, 2.45) is 0 Å². The van der Waals surface area contributed by atoms with Crippen LogP contribution >= 0.6 is 23.2 Å². The van der Waals surface area contributed by atoms with Crippen molar-refractivity contribution in [3.63, 3.8) is 0 Å². The van der Waals surface area contributed by atoms with Crippen LogP contribution in [0.3, 0.4) is 0 Å². The van der Waals surface area contributed by atoms with Crippen LogP contribution in [0.4, 0.5) is 5.69 Å². The van der Waals surface area contributed by atoms with Crippen molar-refractivity contribution < 1.29 is 19.1 Å². The van der Waals surface area contributed by atoms with Crippen LogP contribution in [-0.2, 0) is 14.3 Å². The number of anilines is 1. The first-order valence-corrected chi connectivity index (χ1v) is 10.0. The molecule has 3 amide bonds. The summed E-state index contributed by atoms with van der Waals surface area (Å²) < 4.78 is 5.07. The number of nitrogens with zero attached hydrogens (tertiary/aromatic N) is 3. The molecular formula is C21H21Cl2N3O4. The van der Waals surface area contributed by atoms with Gasteiger partial charge in [-0.3, -0.25) is 19.3 Å². The minimum absolute atomic E-state index is 0.0607. The summed E-state index contributed by atoms with van der Waals surface area (Å²) in [6.45, 7) is 0.363. The van der Waals surface area contributed by atoms with E-state index in [2.05, 4.69) is 0 Å². The predicted molar refractivity (Wildman–Crippen MR) is 115 cm³/mol. The second kappa shape index (κ2) is 9.93. The van der Waals surface area contributed by atoms with Crippen molar-refractivity contribution in [2.75, 3.05) is 44.9 Å². The molecule has 2 aromatic rings. The average molecular weight is 450 g/mol. The molecule has 158 valence electrons. The Hall–Kier alpha value is -2.61. The molecule has 1 aliphatic rings. The number of methoxy groups -OCH3 is 1. The molecule has 1 aliphatic heterocycles. The highest BCUT2D eigenvalue weighted by molar-refractivity contribution is 6.31. The highest BCUT2D eigenvalue weighted by Crippen LogP contribution is 2.23. The Labute approximate surface area is 184 Å². The summed E-state index contributed by atoms with van der Waals surface area (Å²) in [7, 11) is 1.52. The molecular weight excluding hydrogens is 429 g/mol. The smallest absolute Gasteiger partial charge is 0.254 e. The van der Waals surface area contributed by atoms with Crippen molar-refractivity contribution in [1.82, 2.24) is 9.80 Å². The predicted octanol–water partition coefficient (Wildman–Crippen LogP) is 2.91. The lowest BCUT2D eigenvalue weighted by molar-refractivity contribution is -0.132. The van der Waals surface area contributed by atoms with E-state index in [4.69, 9.17) is 27.9 Å². The minimum Gasteiger partial charge on any atom is -0.383 e. The molecule has 1 saturated heterocycles. The molecule has 1 fully saturated rings. The zero-order chi connectivity index (χ0) is 21.7. The molecule has 0 spiro atoms. The van der Waals surface area contributed by atoms with Gasteiger partial charge in [0.2, 0.25) is 11.8 Å². The van der Waals surface area contributed by atoms with Crippen LogP contribution in [0.5, 0.6) is 0 Å². The van der Waals surface area contributed by atoms with Crippen LogP contribution in [0.15, 0.2) is 48.5 Å². The fourth-order valence-electron chi connectivity index (χ4n) is 3.11. The molecule has 0 saturated carbocycles. The zero-order valence-electron chi connectivity index (χ0n) is 16.4. The molecule has 30 heavy (non-hydrogen) atoms. The maximum absolute atomic E-state index is 12.9. The van der Waals surface area contributed by atoms with Gasteiger partial charge < -0.3 is 14.5 Å². The Morgan fingerprint density at radius 3 is 2.47 bits per heavy atom. The summed E-state index contributed by atoms with van der Waals surface area (Å²) in [4.78, 5) is 42.5. The summed E-state index contributed by atoms with van der Waals surface area (Å²) in [5.41, 5.74) is 0.999. The Kier molecular flexibility index (Phi) is 7.31. The number of hydrogen-bond acceptors (Lipinski definition) is 4. The number of carbonyl (C=O) groups is 3.